The molecule has 4 heteroatoms. The fourth-order valence-corrected chi connectivity index (χ4v) is 3.28. The van der Waals surface area contributed by atoms with Gasteiger partial charge in [0.15, 0.2) is 0 Å². The molecule has 1 aliphatic rings. The highest BCUT2D eigenvalue weighted by molar-refractivity contribution is 9.10. The lowest BCUT2D eigenvalue weighted by Crippen LogP contribution is -2.20. The molecule has 2 heterocycles. The van der Waals surface area contributed by atoms with Crippen LogP contribution in [0.1, 0.15) is 5.56 Å². The molecule has 4 rings (SSSR count). The van der Waals surface area contributed by atoms with Gasteiger partial charge in [-0.25, -0.2) is 4.39 Å². The summed E-state index contributed by atoms with van der Waals surface area (Å²) in [6.07, 6.45) is 2.88. The summed E-state index contributed by atoms with van der Waals surface area (Å²) in [4.78, 5) is 0. The summed E-state index contributed by atoms with van der Waals surface area (Å²) in [7, 11) is 0. The van der Waals surface area contributed by atoms with E-state index in [0.29, 0.717) is 0 Å². The standard InChI is InChI=1S/C17H13BrFNO/c18-13-2-1-11-5-6-20(16(11)9-13)10-15-8-12-7-14(19)3-4-17(12)21-15/h1-7,9,15H,8,10H2. The third-order valence-electron chi connectivity index (χ3n) is 3.90. The second-order valence-corrected chi connectivity index (χ2v) is 6.28. The van der Waals surface area contributed by atoms with Crippen molar-refractivity contribution < 1.29 is 9.13 Å². The van der Waals surface area contributed by atoms with E-state index in [0.717, 1.165) is 28.8 Å². The quantitative estimate of drug-likeness (QED) is 0.664. The third kappa shape index (κ3) is 2.33. The summed E-state index contributed by atoms with van der Waals surface area (Å²) in [5.41, 5.74) is 2.13. The van der Waals surface area contributed by atoms with Gasteiger partial charge in [0.25, 0.3) is 0 Å². The van der Waals surface area contributed by atoms with Gasteiger partial charge in [0.2, 0.25) is 0 Å². The van der Waals surface area contributed by atoms with Crippen molar-refractivity contribution in [3.05, 3.63) is 64.5 Å². The van der Waals surface area contributed by atoms with Crippen molar-refractivity contribution in [2.75, 3.05) is 0 Å². The zero-order valence-electron chi connectivity index (χ0n) is 11.2. The molecule has 0 amide bonds. The van der Waals surface area contributed by atoms with Crippen molar-refractivity contribution in [2.24, 2.45) is 0 Å². The van der Waals surface area contributed by atoms with Crippen molar-refractivity contribution >= 4 is 26.8 Å². The number of hydrogen-bond donors (Lipinski definition) is 0. The van der Waals surface area contributed by atoms with E-state index >= 15 is 0 Å². The second kappa shape index (κ2) is 4.88. The molecule has 1 unspecified atom stereocenters. The van der Waals surface area contributed by atoms with E-state index in [4.69, 9.17) is 4.74 Å². The van der Waals surface area contributed by atoms with Crippen molar-refractivity contribution in [1.82, 2.24) is 4.57 Å². The molecule has 0 bridgehead atoms. The molecule has 2 nitrogen and oxygen atoms in total. The third-order valence-corrected chi connectivity index (χ3v) is 4.39. The van der Waals surface area contributed by atoms with Crippen LogP contribution in [0.15, 0.2) is 53.1 Å². The number of fused-ring (bicyclic) bond motifs is 2. The molecule has 0 fully saturated rings. The predicted molar refractivity (Wildman–Crippen MR) is 84.2 cm³/mol. The van der Waals surface area contributed by atoms with Crippen LogP contribution in [-0.4, -0.2) is 10.7 Å². The van der Waals surface area contributed by atoms with Gasteiger partial charge in [0, 0.05) is 28.2 Å². The predicted octanol–water partition coefficient (Wildman–Crippen LogP) is 4.55. The van der Waals surface area contributed by atoms with Crippen molar-refractivity contribution in [3.63, 3.8) is 0 Å². The fraction of sp³-hybridized carbons (Fsp3) is 0.176. The lowest BCUT2D eigenvalue weighted by atomic mass is 10.1. The lowest BCUT2D eigenvalue weighted by Gasteiger charge is -2.13. The normalized spacial score (nSPS) is 17.0. The van der Waals surface area contributed by atoms with Gasteiger partial charge in [-0.05, 0) is 41.8 Å². The van der Waals surface area contributed by atoms with Gasteiger partial charge in [-0.1, -0.05) is 22.0 Å². The molecule has 106 valence electrons. The van der Waals surface area contributed by atoms with Gasteiger partial charge in [-0.3, -0.25) is 0 Å². The molecule has 0 radical (unpaired) electrons. The topological polar surface area (TPSA) is 14.2 Å². The smallest absolute Gasteiger partial charge is 0.123 e. The maximum atomic E-state index is 13.3. The fourth-order valence-electron chi connectivity index (χ4n) is 2.93. The van der Waals surface area contributed by atoms with E-state index in [1.807, 2.05) is 6.07 Å². The molecule has 0 N–H and O–H groups in total. The minimum atomic E-state index is -0.201. The molecule has 0 saturated heterocycles. The Hall–Kier alpha value is -1.81. The largest absolute Gasteiger partial charge is 0.488 e. The van der Waals surface area contributed by atoms with Crippen molar-refractivity contribution in [1.29, 1.82) is 0 Å². The van der Waals surface area contributed by atoms with Gasteiger partial charge in [-0.15, -0.1) is 0 Å². The van der Waals surface area contributed by atoms with E-state index in [-0.39, 0.29) is 11.9 Å². The van der Waals surface area contributed by atoms with Crippen LogP contribution in [-0.2, 0) is 13.0 Å². The first-order valence-electron chi connectivity index (χ1n) is 6.88. The molecule has 0 saturated carbocycles. The Kier molecular flexibility index (Phi) is 3.00. The zero-order valence-corrected chi connectivity index (χ0v) is 12.8. The highest BCUT2D eigenvalue weighted by Crippen LogP contribution is 2.30. The van der Waals surface area contributed by atoms with Gasteiger partial charge < -0.3 is 9.30 Å². The number of rotatable bonds is 2. The van der Waals surface area contributed by atoms with Gasteiger partial charge in [0.1, 0.15) is 17.7 Å². The summed E-state index contributed by atoms with van der Waals surface area (Å²) in [5.74, 6) is 0.604. The highest BCUT2D eigenvalue weighted by atomic mass is 79.9. The van der Waals surface area contributed by atoms with Crippen LogP contribution < -0.4 is 4.74 Å². The summed E-state index contributed by atoms with van der Waals surface area (Å²) in [5, 5.41) is 1.21. The molecular weight excluding hydrogens is 333 g/mol. The Morgan fingerprint density at radius 2 is 2.10 bits per heavy atom. The number of ether oxygens (including phenoxy) is 1. The molecule has 21 heavy (non-hydrogen) atoms. The molecular formula is C17H13BrFNO. The summed E-state index contributed by atoms with van der Waals surface area (Å²) < 4.78 is 22.4. The molecule has 0 aliphatic carbocycles. The number of hydrogen-bond acceptors (Lipinski definition) is 1. The second-order valence-electron chi connectivity index (χ2n) is 5.37. The summed E-state index contributed by atoms with van der Waals surface area (Å²) in [6, 6.07) is 13.1. The lowest BCUT2D eigenvalue weighted by molar-refractivity contribution is 0.211. The average molecular weight is 346 g/mol. The monoisotopic (exact) mass is 345 g/mol. The van der Waals surface area contributed by atoms with Crippen LogP contribution in [0, 0.1) is 5.82 Å². The van der Waals surface area contributed by atoms with E-state index in [2.05, 4.69) is 44.9 Å². The number of benzene rings is 2. The SMILES string of the molecule is Fc1ccc2c(c1)CC(Cn1ccc3ccc(Br)cc31)O2. The number of nitrogens with zero attached hydrogens (tertiary/aromatic N) is 1. The van der Waals surface area contributed by atoms with Gasteiger partial charge >= 0.3 is 0 Å². The summed E-state index contributed by atoms with van der Waals surface area (Å²) >= 11 is 3.51. The minimum absolute atomic E-state index is 0.0522. The minimum Gasteiger partial charge on any atom is -0.488 e. The van der Waals surface area contributed by atoms with E-state index in [9.17, 15) is 4.39 Å². The molecule has 1 aliphatic heterocycles. The molecule has 2 aromatic carbocycles. The van der Waals surface area contributed by atoms with E-state index in [1.54, 1.807) is 12.1 Å². The van der Waals surface area contributed by atoms with Crippen LogP contribution in [0.3, 0.4) is 0 Å². The van der Waals surface area contributed by atoms with Crippen molar-refractivity contribution in [2.45, 2.75) is 19.1 Å². The first-order chi connectivity index (χ1) is 10.2. The Balaban J connectivity index is 1.61. The van der Waals surface area contributed by atoms with Crippen LogP contribution >= 0.6 is 15.9 Å². The van der Waals surface area contributed by atoms with Crippen molar-refractivity contribution in [3.8, 4) is 5.75 Å². The first-order valence-corrected chi connectivity index (χ1v) is 7.68. The Bertz CT molecular complexity index is 827. The Morgan fingerprint density at radius 1 is 1.19 bits per heavy atom. The molecule has 1 atom stereocenters. The molecule has 0 spiro atoms. The Morgan fingerprint density at radius 3 is 3.00 bits per heavy atom. The Labute approximate surface area is 130 Å². The number of aromatic nitrogens is 1. The van der Waals surface area contributed by atoms with Gasteiger partial charge in [0.05, 0.1) is 6.54 Å². The first kappa shape index (κ1) is 12.9. The van der Waals surface area contributed by atoms with Gasteiger partial charge in [-0.2, -0.15) is 0 Å². The van der Waals surface area contributed by atoms with Crippen LogP contribution in [0.25, 0.3) is 10.9 Å². The number of halogens is 2. The average Bonchev–Trinajstić information content (AvgIpc) is 3.02. The maximum absolute atomic E-state index is 13.3. The van der Waals surface area contributed by atoms with Crippen LogP contribution in [0.4, 0.5) is 4.39 Å². The molecule has 1 aromatic heterocycles. The highest BCUT2D eigenvalue weighted by Gasteiger charge is 2.23. The van der Waals surface area contributed by atoms with E-state index < -0.39 is 0 Å². The van der Waals surface area contributed by atoms with E-state index in [1.165, 1.54) is 17.0 Å². The molecule has 3 aromatic rings. The summed E-state index contributed by atoms with van der Waals surface area (Å²) in [6.45, 7) is 0.760. The van der Waals surface area contributed by atoms with Crippen LogP contribution in [0.2, 0.25) is 0 Å². The maximum Gasteiger partial charge on any atom is 0.123 e. The van der Waals surface area contributed by atoms with Crippen LogP contribution in [0.5, 0.6) is 5.75 Å². The zero-order chi connectivity index (χ0) is 14.4.